The van der Waals surface area contributed by atoms with Gasteiger partial charge in [-0.15, -0.1) is 0 Å². The number of rotatable bonds is 8. The molecule has 4 rings (SSSR count). The van der Waals surface area contributed by atoms with Gasteiger partial charge in [0.15, 0.2) is 0 Å². The Morgan fingerprint density at radius 3 is 2.08 bits per heavy atom. The molecule has 202 valence electrons. The van der Waals surface area contributed by atoms with Crippen LogP contribution < -0.4 is 10.9 Å². The molecule has 0 aliphatic heterocycles. The van der Waals surface area contributed by atoms with Gasteiger partial charge in [0.1, 0.15) is 5.75 Å². The molecule has 0 saturated heterocycles. The summed E-state index contributed by atoms with van der Waals surface area (Å²) < 4.78 is 0. The van der Waals surface area contributed by atoms with Crippen molar-refractivity contribution in [1.82, 2.24) is 10.3 Å². The van der Waals surface area contributed by atoms with Gasteiger partial charge in [0.2, 0.25) is 5.56 Å². The summed E-state index contributed by atoms with van der Waals surface area (Å²) in [4.78, 5) is 33.4. The van der Waals surface area contributed by atoms with E-state index in [1.807, 2.05) is 6.92 Å². The van der Waals surface area contributed by atoms with Crippen molar-refractivity contribution in [2.24, 2.45) is 0 Å². The number of phenols is 1. The number of benzene rings is 2. The Morgan fingerprint density at radius 2 is 1.58 bits per heavy atom. The Balaban J connectivity index is 0.000000436. The number of hydrogen-bond donors (Lipinski definition) is 6. The molecule has 38 heavy (non-hydrogen) atoms. The minimum Gasteiger partial charge on any atom is -0.506 e. The number of carboxylic acids is 2. The summed E-state index contributed by atoms with van der Waals surface area (Å²) in [5, 5.41) is 41.0. The summed E-state index contributed by atoms with van der Waals surface area (Å²) in [5.74, 6) is -2.49. The number of fused-ring (bicyclic) bond motifs is 2. The first kappa shape index (κ1) is 28.6. The fraction of sp³-hybridized carbons (Fsp3) is 0.345. The van der Waals surface area contributed by atoms with Crippen LogP contribution in [0.2, 0.25) is 0 Å². The predicted octanol–water partition coefficient (Wildman–Crippen LogP) is 3.17. The van der Waals surface area contributed by atoms with Gasteiger partial charge in [-0.3, -0.25) is 4.79 Å². The number of pyridine rings is 1. The van der Waals surface area contributed by atoms with Crippen LogP contribution in [0.15, 0.2) is 47.3 Å². The second-order valence-corrected chi connectivity index (χ2v) is 9.37. The van der Waals surface area contributed by atoms with E-state index in [4.69, 9.17) is 10.2 Å². The second kappa shape index (κ2) is 12.5. The van der Waals surface area contributed by atoms with Gasteiger partial charge in [0.05, 0.1) is 11.6 Å². The van der Waals surface area contributed by atoms with E-state index in [0.717, 1.165) is 36.8 Å². The average molecular weight is 523 g/mol. The summed E-state index contributed by atoms with van der Waals surface area (Å²) in [6.45, 7) is 6.70. The van der Waals surface area contributed by atoms with Crippen LogP contribution in [-0.4, -0.2) is 49.9 Å². The number of aromatic nitrogens is 1. The first-order valence-electron chi connectivity index (χ1n) is 12.6. The molecule has 1 aliphatic rings. The highest BCUT2D eigenvalue weighted by Crippen LogP contribution is 2.32. The van der Waals surface area contributed by atoms with Crippen LogP contribution in [0.3, 0.4) is 0 Å². The minimum absolute atomic E-state index is 0.0220. The van der Waals surface area contributed by atoms with Crippen LogP contribution in [0.5, 0.6) is 5.75 Å². The zero-order chi connectivity index (χ0) is 28.0. The zero-order valence-electron chi connectivity index (χ0n) is 21.7. The second-order valence-electron chi connectivity index (χ2n) is 9.37. The highest BCUT2D eigenvalue weighted by molar-refractivity contribution is 5.90. The number of aliphatic hydroxyl groups excluding tert-OH is 1. The van der Waals surface area contributed by atoms with Gasteiger partial charge < -0.3 is 30.7 Å². The molecule has 1 aliphatic carbocycles. The Morgan fingerprint density at radius 1 is 1.03 bits per heavy atom. The molecule has 0 bridgehead atoms. The van der Waals surface area contributed by atoms with Crippen LogP contribution in [0, 0.1) is 6.92 Å². The lowest BCUT2D eigenvalue weighted by molar-refractivity contribution is -0.134. The Kier molecular flexibility index (Phi) is 9.44. The first-order chi connectivity index (χ1) is 18.0. The number of aliphatic hydroxyl groups is 1. The van der Waals surface area contributed by atoms with Gasteiger partial charge in [-0.2, -0.15) is 0 Å². The van der Waals surface area contributed by atoms with Crippen molar-refractivity contribution in [3.8, 4) is 5.75 Å². The number of nitrogens with one attached hydrogen (secondary N) is 2. The van der Waals surface area contributed by atoms with Gasteiger partial charge in [0.25, 0.3) is 0 Å². The quantitative estimate of drug-likeness (QED) is 0.246. The number of aromatic hydroxyl groups is 1. The molecule has 0 fully saturated rings. The van der Waals surface area contributed by atoms with Crippen LogP contribution in [-0.2, 0) is 35.3 Å². The van der Waals surface area contributed by atoms with E-state index < -0.39 is 18.0 Å². The van der Waals surface area contributed by atoms with Crippen molar-refractivity contribution in [3.63, 3.8) is 0 Å². The van der Waals surface area contributed by atoms with Crippen molar-refractivity contribution < 1.29 is 30.0 Å². The van der Waals surface area contributed by atoms with Gasteiger partial charge in [-0.25, -0.2) is 9.59 Å². The molecule has 6 N–H and O–H groups in total. The molecule has 0 spiro atoms. The van der Waals surface area contributed by atoms with Crippen LogP contribution in [0.1, 0.15) is 53.3 Å². The SMILES string of the molecule is CCc1cc2c(cc1CC)CC(NC[C@H](O)c1c(C)cc(O)c3[nH]c(=O)ccc13)C2.O=C(O)/C=C\C(=O)O. The normalized spacial score (nSPS) is 13.8. The Hall–Kier alpha value is -3.95. The molecule has 9 heteroatoms. The molecule has 0 unspecified atom stereocenters. The van der Waals surface area contributed by atoms with Gasteiger partial charge in [-0.05, 0) is 78.1 Å². The fourth-order valence-corrected chi connectivity index (χ4v) is 5.01. The number of aromatic amines is 1. The summed E-state index contributed by atoms with van der Waals surface area (Å²) in [6.07, 6.45) is 4.44. The van der Waals surface area contributed by atoms with Gasteiger partial charge in [-0.1, -0.05) is 26.0 Å². The molecule has 0 saturated carbocycles. The lowest BCUT2D eigenvalue weighted by Crippen LogP contribution is -2.33. The molecular weight excluding hydrogens is 488 g/mol. The van der Waals surface area contributed by atoms with E-state index in [1.165, 1.54) is 28.3 Å². The maximum atomic E-state index is 11.7. The molecular formula is C29H34N2O7. The van der Waals surface area contributed by atoms with Crippen LogP contribution in [0.25, 0.3) is 10.9 Å². The number of hydrogen-bond acceptors (Lipinski definition) is 6. The van der Waals surface area contributed by atoms with Crippen LogP contribution >= 0.6 is 0 Å². The molecule has 1 atom stereocenters. The number of aryl methyl sites for hydroxylation is 3. The largest absolute Gasteiger partial charge is 0.506 e. The maximum absolute atomic E-state index is 11.7. The number of carbonyl (C=O) groups is 2. The van der Waals surface area contributed by atoms with E-state index >= 15 is 0 Å². The summed E-state index contributed by atoms with van der Waals surface area (Å²) >= 11 is 0. The molecule has 9 nitrogen and oxygen atoms in total. The Labute approximate surface area is 220 Å². The Bertz CT molecular complexity index is 1380. The van der Waals surface area contributed by atoms with Gasteiger partial charge in [0, 0.05) is 36.2 Å². The maximum Gasteiger partial charge on any atom is 0.328 e. The van der Waals surface area contributed by atoms with Crippen molar-refractivity contribution in [3.05, 3.63) is 86.2 Å². The lowest BCUT2D eigenvalue weighted by Gasteiger charge is -2.20. The van der Waals surface area contributed by atoms with Crippen molar-refractivity contribution in [2.45, 2.75) is 58.6 Å². The third-order valence-electron chi connectivity index (χ3n) is 6.76. The standard InChI is InChI=1S/C25H30N2O3.C4H4O4/c1-4-15-9-17-11-19(12-18(17)10-16(15)5-2)26-13-22(29)24-14(3)8-21(28)25-20(24)6-7-23(30)27-25;5-3(6)1-2-4(7)8/h6-10,19,22,26,28-29H,4-5,11-13H2,1-3H3,(H,27,30);1-2H,(H,5,6)(H,7,8)/b;2-1-/t22-;/m0./s1. The van der Waals surface area contributed by atoms with E-state index in [-0.39, 0.29) is 11.3 Å². The van der Waals surface area contributed by atoms with E-state index in [1.54, 1.807) is 12.1 Å². The third kappa shape index (κ3) is 6.87. The number of H-pyrrole nitrogens is 1. The zero-order valence-corrected chi connectivity index (χ0v) is 21.7. The minimum atomic E-state index is -1.26. The predicted molar refractivity (Wildman–Crippen MR) is 145 cm³/mol. The van der Waals surface area contributed by atoms with Gasteiger partial charge >= 0.3 is 11.9 Å². The van der Waals surface area contributed by atoms with Crippen LogP contribution in [0.4, 0.5) is 0 Å². The molecule has 1 aromatic heterocycles. The lowest BCUT2D eigenvalue weighted by atomic mass is 9.97. The topological polar surface area (TPSA) is 160 Å². The monoisotopic (exact) mass is 522 g/mol. The molecule has 0 radical (unpaired) electrons. The molecule has 1 heterocycles. The van der Waals surface area contributed by atoms with Crippen molar-refractivity contribution in [1.29, 1.82) is 0 Å². The first-order valence-corrected chi connectivity index (χ1v) is 12.6. The number of carboxylic acid groups (broad SMARTS) is 2. The van der Waals surface area contributed by atoms with Crippen molar-refractivity contribution >= 4 is 22.8 Å². The fourth-order valence-electron chi connectivity index (χ4n) is 5.01. The van der Waals surface area contributed by atoms with E-state index in [9.17, 15) is 24.6 Å². The van der Waals surface area contributed by atoms with Crippen molar-refractivity contribution in [2.75, 3.05) is 6.54 Å². The van der Waals surface area contributed by atoms with E-state index in [0.29, 0.717) is 35.6 Å². The number of aliphatic carboxylic acids is 2. The highest BCUT2D eigenvalue weighted by atomic mass is 16.4. The molecule has 3 aromatic rings. The number of phenolic OH excluding ortho intramolecular Hbond substituents is 1. The molecule has 2 aromatic carbocycles. The summed E-state index contributed by atoms with van der Waals surface area (Å²) in [7, 11) is 0. The third-order valence-corrected chi connectivity index (χ3v) is 6.76. The molecule has 0 amide bonds. The average Bonchev–Trinajstić information content (AvgIpc) is 3.27. The summed E-state index contributed by atoms with van der Waals surface area (Å²) in [5.41, 5.74) is 7.35. The van der Waals surface area contributed by atoms with E-state index in [2.05, 4.69) is 36.3 Å². The summed E-state index contributed by atoms with van der Waals surface area (Å²) in [6, 6.07) is 9.72. The smallest absolute Gasteiger partial charge is 0.328 e. The highest BCUT2D eigenvalue weighted by Gasteiger charge is 2.24.